The van der Waals surface area contributed by atoms with Crippen LogP contribution in [0.2, 0.25) is 0 Å². The monoisotopic (exact) mass is 1190 g/mol. The molecule has 1 aliphatic carbocycles. The molecule has 0 heterocycles. The van der Waals surface area contributed by atoms with Crippen LogP contribution in [0.1, 0.15) is 214 Å². The number of hydrogen-bond donors (Lipinski definition) is 10. The van der Waals surface area contributed by atoms with Gasteiger partial charge in [0.05, 0.1) is 45.7 Å². The third kappa shape index (κ3) is 63.2. The number of likely N-dealkylation sites (N-methyl/N-ethyl adjacent to an activating group) is 1. The Kier molecular flexibility index (Phi) is 70.8. The van der Waals surface area contributed by atoms with Crippen LogP contribution in [0.4, 0.5) is 0 Å². The lowest BCUT2D eigenvalue weighted by Crippen LogP contribution is -2.45. The minimum absolute atomic E-state index is 0.0261. The van der Waals surface area contributed by atoms with E-state index < -0.39 is 18.0 Å². The third-order valence-electron chi connectivity index (χ3n) is 12.8. The van der Waals surface area contributed by atoms with Gasteiger partial charge >= 0.3 is 11.9 Å². The zero-order valence-corrected chi connectivity index (χ0v) is 52.4. The fourth-order valence-corrected chi connectivity index (χ4v) is 8.39. The molecule has 9 N–H and O–H groups in total. The lowest BCUT2D eigenvalue weighted by atomic mass is 9.81. The van der Waals surface area contributed by atoms with Gasteiger partial charge in [-0.2, -0.15) is 0 Å². The normalized spacial score (nSPS) is 13.8. The molecular weight excluding hydrogens is 1080 g/mol. The molecule has 0 radical (unpaired) electrons. The first kappa shape index (κ1) is 84.0. The summed E-state index contributed by atoms with van der Waals surface area (Å²) in [6.45, 7) is 14.4. The zero-order chi connectivity index (χ0) is 62.0. The maximum Gasteiger partial charge on any atom is 0.326 e. The number of carbonyl (C=O) groups excluding carboxylic acids is 7. The average Bonchev–Trinajstić information content (AvgIpc) is 3.48. The van der Waals surface area contributed by atoms with Crippen molar-refractivity contribution in [1.82, 2.24) is 36.6 Å². The smallest absolute Gasteiger partial charge is 0.326 e. The van der Waals surface area contributed by atoms with E-state index in [0.717, 1.165) is 44.8 Å². The molecule has 6 amide bonds. The summed E-state index contributed by atoms with van der Waals surface area (Å²) in [5, 5.41) is 33.6. The summed E-state index contributed by atoms with van der Waals surface area (Å²) in [6, 6.07) is -1.41. The summed E-state index contributed by atoms with van der Waals surface area (Å²) in [5.41, 5.74) is 0. The summed E-state index contributed by atoms with van der Waals surface area (Å²) in [5.74, 6) is -2.77. The maximum absolute atomic E-state index is 12.5. The van der Waals surface area contributed by atoms with Crippen molar-refractivity contribution < 1.29 is 72.3 Å². The molecule has 0 spiro atoms. The van der Waals surface area contributed by atoms with Gasteiger partial charge in [-0.05, 0) is 70.6 Å². The number of carboxylic acids is 2. The number of aldehydes is 1. The first-order valence-electron chi connectivity index (χ1n) is 30.8. The Hall–Kier alpha value is -4.42. The van der Waals surface area contributed by atoms with Gasteiger partial charge in [-0.25, -0.2) is 4.79 Å². The summed E-state index contributed by atoms with van der Waals surface area (Å²) >= 11 is 3.87. The summed E-state index contributed by atoms with van der Waals surface area (Å²) in [7, 11) is 1.59. The minimum Gasteiger partial charge on any atom is -0.481 e. The van der Waals surface area contributed by atoms with Crippen molar-refractivity contribution >= 4 is 67.5 Å². The Bertz CT molecular complexity index is 1520. The van der Waals surface area contributed by atoms with Crippen molar-refractivity contribution in [3.8, 4) is 0 Å². The number of nitrogens with one attached hydrogen (secondary N) is 7. The predicted octanol–water partition coefficient (Wildman–Crippen LogP) is 7.39. The number of hydrogen-bond acceptors (Lipinski definition) is 15. The molecule has 0 aromatic carbocycles. The highest BCUT2D eigenvalue weighted by Crippen LogP contribution is 2.28. The first-order chi connectivity index (χ1) is 39.8. The first-order valence-corrected chi connectivity index (χ1v) is 31.2. The third-order valence-corrected chi connectivity index (χ3v) is 13.1. The molecule has 482 valence electrons. The van der Waals surface area contributed by atoms with Crippen LogP contribution in [-0.4, -0.2) is 163 Å². The second kappa shape index (κ2) is 69.1. The Balaban J connectivity index is -0.000000602. The molecule has 0 aromatic heterocycles. The quantitative estimate of drug-likeness (QED) is 0.0161. The van der Waals surface area contributed by atoms with E-state index in [0.29, 0.717) is 96.9 Å². The standard InChI is InChI=1S/C26H46N4O10.C20H40O2.C8H17N3O2S.C3H6O.C2H6/c1-2-37-13-14-38-12-10-29-24(33)18-40-16-15-39-11-9-28-23(32)8-7-22(26(35)36)30-25(34)21-5-3-20(4-6-21)17-27-19-31;1-2-3-4-5-6-7-8-9-10-11-12-13-14-15-16-17-18-19-20(21)22;1-9-8(13)7(11-14)4-2-3-5-10-6-12;1-2-3-4;1-2/h19-22H,2-18H2,1H3,(H,27,31)(H,28,32)(H,29,33)(H,30,34)(H,35,36);2-19H2,1H3,(H,21,22);6-7,11,14H,2-5H2,1H3,(H,9,13)(H,10,12);3H,2H2,1H3;1-2H3/t;;7-;;/m..0../s1. The van der Waals surface area contributed by atoms with E-state index in [-0.39, 0.29) is 81.4 Å². The van der Waals surface area contributed by atoms with Gasteiger partial charge in [-0.15, -0.1) is 0 Å². The van der Waals surface area contributed by atoms with Gasteiger partial charge in [-0.3, -0.25) is 38.3 Å². The van der Waals surface area contributed by atoms with Crippen LogP contribution in [0, 0.1) is 11.8 Å². The number of rotatable bonds is 51. The number of amides is 6. The number of carbonyl (C=O) groups is 9. The van der Waals surface area contributed by atoms with E-state index in [1.807, 2.05) is 27.7 Å². The van der Waals surface area contributed by atoms with Crippen LogP contribution < -0.4 is 36.6 Å². The minimum atomic E-state index is -1.19. The molecule has 1 unspecified atom stereocenters. The van der Waals surface area contributed by atoms with Crippen LogP contribution in [-0.2, 0) is 62.1 Å². The lowest BCUT2D eigenvalue weighted by Gasteiger charge is -2.28. The molecule has 22 nitrogen and oxygen atoms in total. The molecule has 2 atom stereocenters. The van der Waals surface area contributed by atoms with Crippen LogP contribution in [0.3, 0.4) is 0 Å². The number of ether oxygens (including phenoxy) is 4. The zero-order valence-electron chi connectivity index (χ0n) is 51.5. The fraction of sp³-hybridized carbons (Fsp3) is 0.847. The highest BCUT2D eigenvalue weighted by Gasteiger charge is 2.29. The van der Waals surface area contributed by atoms with Crippen LogP contribution in [0.25, 0.3) is 0 Å². The van der Waals surface area contributed by atoms with Gasteiger partial charge in [0.2, 0.25) is 36.4 Å². The molecule has 82 heavy (non-hydrogen) atoms. The van der Waals surface area contributed by atoms with E-state index in [9.17, 15) is 48.3 Å². The van der Waals surface area contributed by atoms with Crippen LogP contribution in [0.15, 0.2) is 0 Å². The number of carboxylic acid groups (broad SMARTS) is 2. The van der Waals surface area contributed by atoms with Gasteiger partial charge in [-0.1, -0.05) is 143 Å². The lowest BCUT2D eigenvalue weighted by molar-refractivity contribution is -0.143. The molecule has 1 fully saturated rings. The Labute approximate surface area is 499 Å². The van der Waals surface area contributed by atoms with Gasteiger partial charge < -0.3 is 65.9 Å². The van der Waals surface area contributed by atoms with Crippen molar-refractivity contribution in [3.63, 3.8) is 0 Å². The Morgan fingerprint density at radius 3 is 1.50 bits per heavy atom. The number of unbranched alkanes of at least 4 members (excludes halogenated alkanes) is 17. The molecule has 0 aliphatic heterocycles. The molecule has 23 heteroatoms. The van der Waals surface area contributed by atoms with Gasteiger partial charge in [0.25, 0.3) is 0 Å². The van der Waals surface area contributed by atoms with E-state index >= 15 is 0 Å². The summed E-state index contributed by atoms with van der Waals surface area (Å²) in [4.78, 5) is 98.9. The van der Waals surface area contributed by atoms with Crippen molar-refractivity contribution in [1.29, 1.82) is 0 Å². The van der Waals surface area contributed by atoms with E-state index in [4.69, 9.17) is 24.1 Å². The Morgan fingerprint density at radius 2 is 1.05 bits per heavy atom. The average molecular weight is 1190 g/mol. The van der Waals surface area contributed by atoms with Crippen LogP contribution in [0.5, 0.6) is 0 Å². The molecule has 1 rings (SSSR count). The van der Waals surface area contributed by atoms with E-state index in [1.54, 1.807) is 7.05 Å². The van der Waals surface area contributed by atoms with Crippen molar-refractivity contribution in [3.05, 3.63) is 0 Å². The highest BCUT2D eigenvalue weighted by molar-refractivity contribution is 7.78. The maximum atomic E-state index is 12.5. The van der Waals surface area contributed by atoms with Crippen LogP contribution >= 0.6 is 12.8 Å². The van der Waals surface area contributed by atoms with Gasteiger partial charge in [0.1, 0.15) is 18.9 Å². The number of aliphatic carboxylic acids is 2. The van der Waals surface area contributed by atoms with E-state index in [2.05, 4.69) is 56.4 Å². The predicted molar refractivity (Wildman–Crippen MR) is 325 cm³/mol. The highest BCUT2D eigenvalue weighted by atomic mass is 32.1. The largest absolute Gasteiger partial charge is 0.481 e. The van der Waals surface area contributed by atoms with E-state index in [1.165, 1.54) is 96.3 Å². The molecule has 0 saturated heterocycles. The molecular formula is C59H115N7O15S. The second-order valence-corrected chi connectivity index (χ2v) is 19.9. The van der Waals surface area contributed by atoms with Crippen molar-refractivity contribution in [2.24, 2.45) is 11.8 Å². The fourth-order valence-electron chi connectivity index (χ4n) is 8.14. The topological polar surface area (TPSA) is 315 Å². The number of thiol groups is 1. The second-order valence-electron chi connectivity index (χ2n) is 19.6. The molecule has 0 aromatic rings. The molecule has 1 aliphatic rings. The molecule has 1 saturated carbocycles. The SMILES string of the molecule is CC.CCC=O.CCCCCCCCCCCCCCCCCCCC(=O)O.CCOCCOCCNC(=O)COCCOCCNC(=O)CCC(NC(=O)C1CCC(CNC=O)CC1)C(=O)O.CNC(=O)[C@H](CCCCNC=O)NS. The summed E-state index contributed by atoms with van der Waals surface area (Å²) < 4.78 is 23.6. The van der Waals surface area contributed by atoms with Gasteiger partial charge in [0.15, 0.2) is 0 Å². The Morgan fingerprint density at radius 1 is 0.561 bits per heavy atom. The van der Waals surface area contributed by atoms with Gasteiger partial charge in [0, 0.05) is 65.0 Å². The molecule has 0 bridgehead atoms. The van der Waals surface area contributed by atoms with Crippen molar-refractivity contribution in [2.45, 2.75) is 226 Å². The summed E-state index contributed by atoms with van der Waals surface area (Å²) in [6.07, 6.45) is 31.2. The van der Waals surface area contributed by atoms with Crippen molar-refractivity contribution in [2.75, 3.05) is 86.1 Å².